The minimum atomic E-state index is 0.154. The standard InChI is InChI=1S/C25H29N3O/c1-19-8-7-11-23(16-19)26-12-14-27(15-13-26)25(29)24-17-20(2)28(21(24)3)18-22-9-5-4-6-10-22/h4-11,16-17H,12-15,18H2,1-3H3. The van der Waals surface area contributed by atoms with Gasteiger partial charge in [-0.05, 0) is 50.1 Å². The summed E-state index contributed by atoms with van der Waals surface area (Å²) in [5.41, 5.74) is 6.79. The molecular formula is C25H29N3O. The maximum absolute atomic E-state index is 13.2. The molecular weight excluding hydrogens is 358 g/mol. The first-order valence-corrected chi connectivity index (χ1v) is 10.3. The van der Waals surface area contributed by atoms with Crippen LogP contribution in [-0.2, 0) is 6.54 Å². The quantitative estimate of drug-likeness (QED) is 0.663. The normalized spacial score (nSPS) is 14.3. The van der Waals surface area contributed by atoms with Crippen molar-refractivity contribution in [1.29, 1.82) is 0 Å². The van der Waals surface area contributed by atoms with E-state index in [-0.39, 0.29) is 5.91 Å². The number of benzene rings is 2. The third kappa shape index (κ3) is 4.07. The summed E-state index contributed by atoms with van der Waals surface area (Å²) in [6, 6.07) is 21.1. The second-order valence-electron chi connectivity index (χ2n) is 7.97. The van der Waals surface area contributed by atoms with Gasteiger partial charge in [0, 0.05) is 49.8 Å². The van der Waals surface area contributed by atoms with E-state index in [0.717, 1.165) is 49.7 Å². The molecule has 0 atom stereocenters. The van der Waals surface area contributed by atoms with E-state index < -0.39 is 0 Å². The smallest absolute Gasteiger partial charge is 0.255 e. The highest BCUT2D eigenvalue weighted by atomic mass is 16.2. The summed E-state index contributed by atoms with van der Waals surface area (Å²) in [6.07, 6.45) is 0. The van der Waals surface area contributed by atoms with Crippen LogP contribution in [0.5, 0.6) is 0 Å². The zero-order valence-corrected chi connectivity index (χ0v) is 17.6. The van der Waals surface area contributed by atoms with Crippen LogP contribution < -0.4 is 4.90 Å². The summed E-state index contributed by atoms with van der Waals surface area (Å²) < 4.78 is 2.24. The van der Waals surface area contributed by atoms with E-state index in [4.69, 9.17) is 0 Å². The number of aryl methyl sites for hydroxylation is 2. The predicted molar refractivity (Wildman–Crippen MR) is 119 cm³/mol. The summed E-state index contributed by atoms with van der Waals surface area (Å²) in [7, 11) is 0. The Morgan fingerprint density at radius 3 is 2.28 bits per heavy atom. The Morgan fingerprint density at radius 2 is 1.59 bits per heavy atom. The van der Waals surface area contributed by atoms with Gasteiger partial charge in [0.05, 0.1) is 5.56 Å². The monoisotopic (exact) mass is 387 g/mol. The summed E-state index contributed by atoms with van der Waals surface area (Å²) in [4.78, 5) is 17.6. The van der Waals surface area contributed by atoms with Gasteiger partial charge in [-0.15, -0.1) is 0 Å². The van der Waals surface area contributed by atoms with E-state index in [1.807, 2.05) is 17.0 Å². The summed E-state index contributed by atoms with van der Waals surface area (Å²) in [6.45, 7) is 10.3. The molecule has 0 bridgehead atoms. The van der Waals surface area contributed by atoms with Crippen LogP contribution in [0.4, 0.5) is 5.69 Å². The molecule has 1 aromatic heterocycles. The number of aromatic nitrogens is 1. The molecule has 0 N–H and O–H groups in total. The summed E-state index contributed by atoms with van der Waals surface area (Å²) in [5.74, 6) is 0.154. The maximum atomic E-state index is 13.2. The van der Waals surface area contributed by atoms with Crippen molar-refractivity contribution in [2.75, 3.05) is 31.1 Å². The van der Waals surface area contributed by atoms with E-state index in [0.29, 0.717) is 0 Å². The number of rotatable bonds is 4. The van der Waals surface area contributed by atoms with Crippen LogP contribution in [0.3, 0.4) is 0 Å². The first kappa shape index (κ1) is 19.3. The number of carbonyl (C=O) groups is 1. The molecule has 0 unspecified atom stereocenters. The van der Waals surface area contributed by atoms with Gasteiger partial charge in [-0.2, -0.15) is 0 Å². The molecule has 3 aromatic rings. The minimum absolute atomic E-state index is 0.154. The molecule has 0 saturated carbocycles. The number of hydrogen-bond acceptors (Lipinski definition) is 2. The van der Waals surface area contributed by atoms with Gasteiger partial charge in [0.25, 0.3) is 5.91 Å². The molecule has 1 fully saturated rings. The highest BCUT2D eigenvalue weighted by molar-refractivity contribution is 5.96. The zero-order valence-electron chi connectivity index (χ0n) is 17.6. The highest BCUT2D eigenvalue weighted by Gasteiger charge is 2.25. The van der Waals surface area contributed by atoms with E-state index in [2.05, 4.69) is 78.8 Å². The van der Waals surface area contributed by atoms with E-state index in [1.54, 1.807) is 0 Å². The lowest BCUT2D eigenvalue weighted by atomic mass is 10.1. The molecule has 1 aliphatic heterocycles. The third-order valence-corrected chi connectivity index (χ3v) is 5.92. The Balaban J connectivity index is 1.46. The summed E-state index contributed by atoms with van der Waals surface area (Å²) in [5, 5.41) is 0. The highest BCUT2D eigenvalue weighted by Crippen LogP contribution is 2.22. The van der Waals surface area contributed by atoms with Gasteiger partial charge < -0.3 is 14.4 Å². The van der Waals surface area contributed by atoms with Crippen molar-refractivity contribution in [1.82, 2.24) is 9.47 Å². The molecule has 0 aliphatic carbocycles. The van der Waals surface area contributed by atoms with Crippen LogP contribution in [0, 0.1) is 20.8 Å². The number of amides is 1. The second kappa shape index (κ2) is 8.16. The van der Waals surface area contributed by atoms with E-state index in [1.165, 1.54) is 16.8 Å². The van der Waals surface area contributed by atoms with Crippen molar-refractivity contribution in [3.05, 3.63) is 88.7 Å². The first-order chi connectivity index (χ1) is 14.0. The van der Waals surface area contributed by atoms with Crippen LogP contribution >= 0.6 is 0 Å². The number of anilines is 1. The molecule has 29 heavy (non-hydrogen) atoms. The third-order valence-electron chi connectivity index (χ3n) is 5.92. The average Bonchev–Trinajstić information content (AvgIpc) is 3.02. The lowest BCUT2D eigenvalue weighted by Crippen LogP contribution is -2.48. The minimum Gasteiger partial charge on any atom is -0.368 e. The fourth-order valence-electron chi connectivity index (χ4n) is 4.19. The molecule has 150 valence electrons. The Hall–Kier alpha value is -3.01. The lowest BCUT2D eigenvalue weighted by Gasteiger charge is -2.36. The van der Waals surface area contributed by atoms with Crippen molar-refractivity contribution in [3.8, 4) is 0 Å². The molecule has 2 heterocycles. The molecule has 1 amide bonds. The Bertz CT molecular complexity index is 998. The van der Waals surface area contributed by atoms with Crippen LogP contribution in [0.2, 0.25) is 0 Å². The molecule has 0 radical (unpaired) electrons. The van der Waals surface area contributed by atoms with Gasteiger partial charge in [-0.1, -0.05) is 42.5 Å². The number of nitrogens with zero attached hydrogens (tertiary/aromatic N) is 3. The number of piperazine rings is 1. The second-order valence-corrected chi connectivity index (χ2v) is 7.97. The van der Waals surface area contributed by atoms with Gasteiger partial charge in [0.2, 0.25) is 0 Å². The van der Waals surface area contributed by atoms with Crippen LogP contribution in [0.1, 0.15) is 32.9 Å². The van der Waals surface area contributed by atoms with Crippen LogP contribution in [-0.4, -0.2) is 41.6 Å². The van der Waals surface area contributed by atoms with Crippen molar-refractivity contribution in [3.63, 3.8) is 0 Å². The first-order valence-electron chi connectivity index (χ1n) is 10.3. The fourth-order valence-corrected chi connectivity index (χ4v) is 4.19. The predicted octanol–water partition coefficient (Wildman–Crippen LogP) is 4.42. The van der Waals surface area contributed by atoms with Crippen molar-refractivity contribution >= 4 is 11.6 Å². The number of carbonyl (C=O) groups excluding carboxylic acids is 1. The fraction of sp³-hybridized carbons (Fsp3) is 0.320. The Kier molecular flexibility index (Phi) is 5.43. The molecule has 2 aromatic carbocycles. The Labute approximate surface area is 173 Å². The van der Waals surface area contributed by atoms with Gasteiger partial charge in [-0.3, -0.25) is 4.79 Å². The average molecular weight is 388 g/mol. The molecule has 1 saturated heterocycles. The maximum Gasteiger partial charge on any atom is 0.255 e. The molecule has 4 nitrogen and oxygen atoms in total. The molecule has 0 spiro atoms. The molecule has 4 heteroatoms. The number of hydrogen-bond donors (Lipinski definition) is 0. The SMILES string of the molecule is Cc1cccc(N2CCN(C(=O)c3cc(C)n(Cc4ccccc4)c3C)CC2)c1. The van der Waals surface area contributed by atoms with E-state index in [9.17, 15) is 4.79 Å². The molecule has 4 rings (SSSR count). The zero-order chi connectivity index (χ0) is 20.4. The van der Waals surface area contributed by atoms with Crippen LogP contribution in [0.15, 0.2) is 60.7 Å². The van der Waals surface area contributed by atoms with Gasteiger partial charge in [0.1, 0.15) is 0 Å². The largest absolute Gasteiger partial charge is 0.368 e. The van der Waals surface area contributed by atoms with Crippen molar-refractivity contribution < 1.29 is 4.79 Å². The summed E-state index contributed by atoms with van der Waals surface area (Å²) >= 11 is 0. The molecule has 1 aliphatic rings. The van der Waals surface area contributed by atoms with Gasteiger partial charge in [0.15, 0.2) is 0 Å². The lowest BCUT2D eigenvalue weighted by molar-refractivity contribution is 0.0746. The van der Waals surface area contributed by atoms with Crippen molar-refractivity contribution in [2.45, 2.75) is 27.3 Å². The van der Waals surface area contributed by atoms with E-state index >= 15 is 0 Å². The van der Waals surface area contributed by atoms with Gasteiger partial charge >= 0.3 is 0 Å². The van der Waals surface area contributed by atoms with Gasteiger partial charge in [-0.25, -0.2) is 0 Å². The Morgan fingerprint density at radius 1 is 0.862 bits per heavy atom. The van der Waals surface area contributed by atoms with Crippen molar-refractivity contribution in [2.24, 2.45) is 0 Å². The van der Waals surface area contributed by atoms with Crippen LogP contribution in [0.25, 0.3) is 0 Å². The topological polar surface area (TPSA) is 28.5 Å².